The van der Waals surface area contributed by atoms with E-state index in [1.54, 1.807) is 11.0 Å². The summed E-state index contributed by atoms with van der Waals surface area (Å²) in [6.07, 6.45) is -5.76. The van der Waals surface area contributed by atoms with Gasteiger partial charge in [0.1, 0.15) is 11.5 Å². The molecule has 2 N–H and O–H groups in total. The number of benzodiazepines with no additional fused rings is 1. The van der Waals surface area contributed by atoms with Crippen molar-refractivity contribution in [2.45, 2.75) is 12.3 Å². The Bertz CT molecular complexity index is 1570. The van der Waals surface area contributed by atoms with Gasteiger partial charge in [0.25, 0.3) is 11.8 Å². The molecule has 1 amide bonds. The fourth-order valence-electron chi connectivity index (χ4n) is 4.48. The molecular formula is C27H22F3N7O3. The highest BCUT2D eigenvalue weighted by Crippen LogP contribution is 2.35. The fraction of sp³-hybridized carbons (Fsp3) is 0.222. The zero-order chi connectivity index (χ0) is 27.7. The lowest BCUT2D eigenvalue weighted by atomic mass is 10.0. The molecule has 2 aliphatic heterocycles. The highest BCUT2D eigenvalue weighted by atomic mass is 19.4. The molecule has 10 nitrogen and oxygen atoms in total. The number of anilines is 3. The summed E-state index contributed by atoms with van der Waals surface area (Å²) >= 11 is 0. The Kier molecular flexibility index (Phi) is 6.64. The molecule has 1 unspecified atom stereocenters. The molecule has 1 atom stereocenters. The Balaban J connectivity index is 1.34. The van der Waals surface area contributed by atoms with Crippen molar-refractivity contribution in [3.63, 3.8) is 0 Å². The fourth-order valence-corrected chi connectivity index (χ4v) is 4.48. The molecule has 6 rings (SSSR count). The number of fused-ring (bicyclic) bond motifs is 1. The van der Waals surface area contributed by atoms with Crippen LogP contribution in [-0.4, -0.2) is 59.3 Å². The lowest BCUT2D eigenvalue weighted by molar-refractivity contribution is -0.141. The van der Waals surface area contributed by atoms with Crippen LogP contribution in [0, 0.1) is 0 Å². The minimum Gasteiger partial charge on any atom is -0.403 e. The van der Waals surface area contributed by atoms with E-state index >= 15 is 0 Å². The molecule has 2 aliphatic rings. The Morgan fingerprint density at radius 3 is 2.45 bits per heavy atom. The standard InChI is InChI=1S/C27H22F3N7O3/c28-27(29,30)20-11-10-18(23(32-20)37-12-14-39-15-13-37)25-35-36-26(40-25)34-22-24(38)31-19-9-5-4-8-17(19)21(33-22)16-6-2-1-3-7-16/h1-11,22H,12-15H2,(H,31,38)(H,34,36). The molecule has 0 radical (unpaired) electrons. The number of nitrogens with one attached hydrogen (secondary N) is 2. The largest absolute Gasteiger partial charge is 0.433 e. The van der Waals surface area contributed by atoms with E-state index in [0.717, 1.165) is 17.2 Å². The number of alkyl halides is 3. The van der Waals surface area contributed by atoms with Gasteiger partial charge in [-0.3, -0.25) is 4.79 Å². The minimum absolute atomic E-state index is 0.0559. The molecule has 204 valence electrons. The first-order valence-corrected chi connectivity index (χ1v) is 12.4. The second kappa shape index (κ2) is 10.4. The number of aromatic nitrogens is 3. The summed E-state index contributed by atoms with van der Waals surface area (Å²) in [5.74, 6) is -0.460. The molecular weight excluding hydrogens is 527 g/mol. The van der Waals surface area contributed by atoms with E-state index in [4.69, 9.17) is 9.15 Å². The molecule has 0 spiro atoms. The first-order valence-electron chi connectivity index (χ1n) is 12.4. The van der Waals surface area contributed by atoms with Gasteiger partial charge in [-0.2, -0.15) is 13.2 Å². The topological polar surface area (TPSA) is 118 Å². The number of benzene rings is 2. The summed E-state index contributed by atoms with van der Waals surface area (Å²) < 4.78 is 51.4. The first-order chi connectivity index (χ1) is 19.4. The smallest absolute Gasteiger partial charge is 0.403 e. The zero-order valence-corrected chi connectivity index (χ0v) is 20.9. The van der Waals surface area contributed by atoms with Gasteiger partial charge in [0.2, 0.25) is 6.17 Å². The van der Waals surface area contributed by atoms with Crippen LogP contribution in [0.25, 0.3) is 11.5 Å². The number of halogens is 3. The lowest BCUT2D eigenvalue weighted by Crippen LogP contribution is -2.37. The summed E-state index contributed by atoms with van der Waals surface area (Å²) in [6, 6.07) is 18.7. The van der Waals surface area contributed by atoms with Gasteiger partial charge in [-0.1, -0.05) is 53.6 Å². The van der Waals surface area contributed by atoms with Crippen molar-refractivity contribution in [3.8, 4) is 11.5 Å². The third-order valence-corrected chi connectivity index (χ3v) is 6.39. The SMILES string of the molecule is O=C1Nc2ccccc2C(c2ccccc2)=NC1Nc1nnc(-c2ccc(C(F)(F)F)nc2N2CCOCC2)o1. The lowest BCUT2D eigenvalue weighted by Gasteiger charge is -2.29. The van der Waals surface area contributed by atoms with Gasteiger partial charge in [-0.25, -0.2) is 9.98 Å². The maximum absolute atomic E-state index is 13.4. The van der Waals surface area contributed by atoms with E-state index in [2.05, 4.69) is 30.8 Å². The van der Waals surface area contributed by atoms with Crippen molar-refractivity contribution in [3.05, 3.63) is 83.6 Å². The van der Waals surface area contributed by atoms with Gasteiger partial charge in [0, 0.05) is 24.2 Å². The first kappa shape index (κ1) is 25.5. The van der Waals surface area contributed by atoms with Crippen molar-refractivity contribution in [2.24, 2.45) is 4.99 Å². The minimum atomic E-state index is -4.62. The molecule has 0 bridgehead atoms. The Labute approximate surface area is 225 Å². The number of hydrogen-bond donors (Lipinski definition) is 2. The van der Waals surface area contributed by atoms with Gasteiger partial charge >= 0.3 is 12.2 Å². The van der Waals surface area contributed by atoms with E-state index in [9.17, 15) is 18.0 Å². The van der Waals surface area contributed by atoms with Crippen LogP contribution in [0.15, 0.2) is 76.1 Å². The number of hydrogen-bond acceptors (Lipinski definition) is 9. The molecule has 1 fully saturated rings. The zero-order valence-electron chi connectivity index (χ0n) is 20.9. The van der Waals surface area contributed by atoms with Crippen LogP contribution in [-0.2, 0) is 15.7 Å². The maximum atomic E-state index is 13.4. The molecule has 4 heterocycles. The van der Waals surface area contributed by atoms with Gasteiger partial charge in [0.15, 0.2) is 0 Å². The van der Waals surface area contributed by atoms with Crippen LogP contribution in [0.2, 0.25) is 0 Å². The average molecular weight is 550 g/mol. The third-order valence-electron chi connectivity index (χ3n) is 6.39. The van der Waals surface area contributed by atoms with Crippen molar-refractivity contribution >= 4 is 29.1 Å². The number of ether oxygens (including phenoxy) is 1. The van der Waals surface area contributed by atoms with Gasteiger partial charge in [0.05, 0.1) is 30.2 Å². The van der Waals surface area contributed by atoms with Gasteiger partial charge in [-0.05, 0) is 18.2 Å². The Morgan fingerprint density at radius 1 is 0.925 bits per heavy atom. The number of nitrogens with zero attached hydrogens (tertiary/aromatic N) is 5. The van der Waals surface area contributed by atoms with Crippen LogP contribution in [0.3, 0.4) is 0 Å². The van der Waals surface area contributed by atoms with Crippen LogP contribution >= 0.6 is 0 Å². The Morgan fingerprint density at radius 2 is 1.68 bits per heavy atom. The van der Waals surface area contributed by atoms with E-state index in [0.29, 0.717) is 37.7 Å². The number of pyridine rings is 1. The van der Waals surface area contributed by atoms with Crippen LogP contribution in [0.5, 0.6) is 0 Å². The van der Waals surface area contributed by atoms with E-state index < -0.39 is 23.9 Å². The third kappa shape index (κ3) is 5.10. The monoisotopic (exact) mass is 549 g/mol. The molecule has 1 saturated heterocycles. The van der Waals surface area contributed by atoms with Crippen molar-refractivity contribution < 1.29 is 27.1 Å². The van der Waals surface area contributed by atoms with Gasteiger partial charge in [-0.15, -0.1) is 5.10 Å². The van der Waals surface area contributed by atoms with Crippen LogP contribution in [0.4, 0.5) is 30.7 Å². The number of rotatable bonds is 5. The number of morpholine rings is 1. The average Bonchev–Trinajstić information content (AvgIpc) is 3.38. The molecule has 2 aromatic carbocycles. The number of carbonyl (C=O) groups excluding carboxylic acids is 1. The van der Waals surface area contributed by atoms with Crippen molar-refractivity contribution in [1.29, 1.82) is 0 Å². The molecule has 0 saturated carbocycles. The van der Waals surface area contributed by atoms with Crippen LogP contribution < -0.4 is 15.5 Å². The summed E-state index contributed by atoms with van der Waals surface area (Å²) in [5.41, 5.74) is 1.90. The predicted molar refractivity (Wildman–Crippen MR) is 140 cm³/mol. The maximum Gasteiger partial charge on any atom is 0.433 e. The highest BCUT2D eigenvalue weighted by Gasteiger charge is 2.35. The summed E-state index contributed by atoms with van der Waals surface area (Å²) in [4.78, 5) is 23.4. The second-order valence-corrected chi connectivity index (χ2v) is 9.00. The molecule has 0 aliphatic carbocycles. The van der Waals surface area contributed by atoms with Gasteiger partial charge < -0.3 is 24.7 Å². The summed E-state index contributed by atoms with van der Waals surface area (Å²) in [6.45, 7) is 1.38. The highest BCUT2D eigenvalue weighted by molar-refractivity contribution is 6.19. The predicted octanol–water partition coefficient (Wildman–Crippen LogP) is 4.21. The summed E-state index contributed by atoms with van der Waals surface area (Å²) in [5, 5.41) is 13.7. The second-order valence-electron chi connectivity index (χ2n) is 9.00. The molecule has 13 heteroatoms. The quantitative estimate of drug-likeness (QED) is 0.380. The van der Waals surface area contributed by atoms with Crippen molar-refractivity contribution in [1.82, 2.24) is 15.2 Å². The van der Waals surface area contributed by atoms with Crippen molar-refractivity contribution in [2.75, 3.05) is 41.8 Å². The number of aliphatic imine (C=N–C) groups is 1. The number of amides is 1. The number of carbonyl (C=O) groups is 1. The molecule has 40 heavy (non-hydrogen) atoms. The molecule has 2 aromatic heterocycles. The number of para-hydroxylation sites is 1. The van der Waals surface area contributed by atoms with E-state index in [-0.39, 0.29) is 23.3 Å². The van der Waals surface area contributed by atoms with Crippen LogP contribution in [0.1, 0.15) is 16.8 Å². The Hall–Kier alpha value is -4.78. The van der Waals surface area contributed by atoms with E-state index in [1.807, 2.05) is 48.5 Å². The normalized spacial score (nSPS) is 17.5. The summed E-state index contributed by atoms with van der Waals surface area (Å²) in [7, 11) is 0. The van der Waals surface area contributed by atoms with E-state index in [1.165, 1.54) is 6.07 Å². The molecule has 4 aromatic rings.